The Morgan fingerprint density at radius 2 is 2.48 bits per heavy atom. The van der Waals surface area contributed by atoms with E-state index in [2.05, 4.69) is 15.0 Å². The molecule has 1 unspecified atom stereocenters. The van der Waals surface area contributed by atoms with Crippen molar-refractivity contribution in [3.05, 3.63) is 34.1 Å². The first-order chi connectivity index (χ1) is 10.3. The highest BCUT2D eigenvalue weighted by Crippen LogP contribution is 2.24. The van der Waals surface area contributed by atoms with E-state index in [0.717, 1.165) is 36.5 Å². The van der Waals surface area contributed by atoms with Crippen molar-refractivity contribution >= 4 is 17.1 Å². The van der Waals surface area contributed by atoms with Crippen LogP contribution in [0.2, 0.25) is 0 Å². The van der Waals surface area contributed by atoms with Crippen LogP contribution >= 0.6 is 11.3 Å². The van der Waals surface area contributed by atoms with Gasteiger partial charge in [-0.3, -0.25) is 9.69 Å². The molecule has 1 atom stereocenters. The normalized spacial score (nSPS) is 19.2. The summed E-state index contributed by atoms with van der Waals surface area (Å²) in [6, 6.07) is 4.12. The van der Waals surface area contributed by atoms with Crippen molar-refractivity contribution in [3.63, 3.8) is 0 Å². The molecule has 3 heterocycles. The number of hydrogen-bond donors (Lipinski definition) is 0. The standard InChI is InChI=1S/C15H19N3O2S/c1-2-15-16-14(17-20-15)10-18-7-3-5-11(18)9-12(19)13-6-4-8-21-13/h4,6,8,11H,2-3,5,7,9-10H2,1H3. The highest BCUT2D eigenvalue weighted by Gasteiger charge is 2.28. The third kappa shape index (κ3) is 3.39. The summed E-state index contributed by atoms with van der Waals surface area (Å²) in [5.41, 5.74) is 0. The van der Waals surface area contributed by atoms with E-state index in [9.17, 15) is 4.79 Å². The van der Waals surface area contributed by atoms with E-state index >= 15 is 0 Å². The van der Waals surface area contributed by atoms with Crippen LogP contribution in [0.3, 0.4) is 0 Å². The van der Waals surface area contributed by atoms with Crippen LogP contribution in [0.15, 0.2) is 22.0 Å². The van der Waals surface area contributed by atoms with E-state index in [-0.39, 0.29) is 5.78 Å². The highest BCUT2D eigenvalue weighted by atomic mass is 32.1. The number of carbonyl (C=O) groups is 1. The van der Waals surface area contributed by atoms with Crippen LogP contribution in [-0.4, -0.2) is 33.4 Å². The van der Waals surface area contributed by atoms with Crippen LogP contribution < -0.4 is 0 Å². The molecule has 112 valence electrons. The van der Waals surface area contributed by atoms with Gasteiger partial charge in [-0.2, -0.15) is 4.98 Å². The van der Waals surface area contributed by atoms with E-state index in [1.165, 1.54) is 11.3 Å². The maximum Gasteiger partial charge on any atom is 0.226 e. The SMILES string of the molecule is CCc1nc(CN2CCCC2CC(=O)c2cccs2)no1. The monoisotopic (exact) mass is 305 g/mol. The van der Waals surface area contributed by atoms with Gasteiger partial charge < -0.3 is 4.52 Å². The van der Waals surface area contributed by atoms with Crippen LogP contribution in [0.5, 0.6) is 0 Å². The summed E-state index contributed by atoms with van der Waals surface area (Å²) in [5, 5.41) is 5.95. The third-order valence-corrected chi connectivity index (χ3v) is 4.78. The molecular formula is C15H19N3O2S. The Morgan fingerprint density at radius 1 is 1.57 bits per heavy atom. The van der Waals surface area contributed by atoms with E-state index in [1.54, 1.807) is 0 Å². The molecule has 6 heteroatoms. The minimum Gasteiger partial charge on any atom is -0.339 e. The molecule has 0 aromatic carbocycles. The third-order valence-electron chi connectivity index (χ3n) is 3.87. The van der Waals surface area contributed by atoms with Gasteiger partial charge in [0.05, 0.1) is 11.4 Å². The number of Topliss-reactive ketones (excluding diaryl/α,β-unsaturated/α-hetero) is 1. The molecule has 0 bridgehead atoms. The lowest BCUT2D eigenvalue weighted by Crippen LogP contribution is -2.31. The number of rotatable bonds is 6. The molecule has 3 rings (SSSR count). The Balaban J connectivity index is 1.61. The molecule has 2 aromatic rings. The van der Waals surface area contributed by atoms with Crippen molar-refractivity contribution in [2.45, 2.75) is 45.2 Å². The lowest BCUT2D eigenvalue weighted by molar-refractivity contribution is 0.0941. The predicted molar refractivity (Wildman–Crippen MR) is 80.4 cm³/mol. The minimum atomic E-state index is 0.240. The second-order valence-corrected chi connectivity index (χ2v) is 6.28. The van der Waals surface area contributed by atoms with Crippen LogP contribution in [0, 0.1) is 0 Å². The van der Waals surface area contributed by atoms with Gasteiger partial charge in [0.15, 0.2) is 11.6 Å². The van der Waals surface area contributed by atoms with Gasteiger partial charge in [-0.05, 0) is 30.8 Å². The van der Waals surface area contributed by atoms with Crippen molar-refractivity contribution < 1.29 is 9.32 Å². The largest absolute Gasteiger partial charge is 0.339 e. The van der Waals surface area contributed by atoms with Gasteiger partial charge >= 0.3 is 0 Å². The predicted octanol–water partition coefficient (Wildman–Crippen LogP) is 2.93. The number of ketones is 1. The summed E-state index contributed by atoms with van der Waals surface area (Å²) in [7, 11) is 0. The summed E-state index contributed by atoms with van der Waals surface area (Å²) in [4.78, 5) is 19.8. The van der Waals surface area contributed by atoms with E-state index in [1.807, 2.05) is 24.4 Å². The number of aromatic nitrogens is 2. The lowest BCUT2D eigenvalue weighted by atomic mass is 10.1. The smallest absolute Gasteiger partial charge is 0.226 e. The number of nitrogens with zero attached hydrogens (tertiary/aromatic N) is 3. The maximum atomic E-state index is 12.2. The Morgan fingerprint density at radius 3 is 3.19 bits per heavy atom. The second-order valence-electron chi connectivity index (χ2n) is 5.33. The molecule has 1 saturated heterocycles. The zero-order valence-electron chi connectivity index (χ0n) is 12.1. The Labute approximate surface area is 128 Å². The second kappa shape index (κ2) is 6.49. The molecule has 1 aliphatic heterocycles. The fourth-order valence-electron chi connectivity index (χ4n) is 2.77. The Hall–Kier alpha value is -1.53. The van der Waals surface area contributed by atoms with Gasteiger partial charge in [0.1, 0.15) is 0 Å². The number of hydrogen-bond acceptors (Lipinski definition) is 6. The van der Waals surface area contributed by atoms with Gasteiger partial charge in [-0.1, -0.05) is 18.1 Å². The fraction of sp³-hybridized carbons (Fsp3) is 0.533. The van der Waals surface area contributed by atoms with Crippen molar-refractivity contribution in [1.82, 2.24) is 15.0 Å². The van der Waals surface area contributed by atoms with E-state index in [0.29, 0.717) is 24.9 Å². The first kappa shape index (κ1) is 14.4. The van der Waals surface area contributed by atoms with Gasteiger partial charge in [0, 0.05) is 18.9 Å². The van der Waals surface area contributed by atoms with Crippen LogP contribution in [-0.2, 0) is 13.0 Å². The summed E-state index contributed by atoms with van der Waals surface area (Å²) in [6.07, 6.45) is 3.53. The molecule has 0 aliphatic carbocycles. The average molecular weight is 305 g/mol. The molecule has 0 amide bonds. The molecule has 1 fully saturated rings. The highest BCUT2D eigenvalue weighted by molar-refractivity contribution is 7.12. The molecule has 21 heavy (non-hydrogen) atoms. The molecule has 0 spiro atoms. The first-order valence-electron chi connectivity index (χ1n) is 7.38. The van der Waals surface area contributed by atoms with Crippen molar-refractivity contribution in [2.75, 3.05) is 6.54 Å². The summed E-state index contributed by atoms with van der Waals surface area (Å²) < 4.78 is 5.15. The topological polar surface area (TPSA) is 59.2 Å². The molecule has 0 N–H and O–H groups in total. The zero-order chi connectivity index (χ0) is 14.7. The quantitative estimate of drug-likeness (QED) is 0.768. The number of aryl methyl sites for hydroxylation is 1. The number of thiophene rings is 1. The van der Waals surface area contributed by atoms with E-state index in [4.69, 9.17) is 4.52 Å². The van der Waals surface area contributed by atoms with Crippen molar-refractivity contribution in [3.8, 4) is 0 Å². The van der Waals surface area contributed by atoms with Gasteiger partial charge in [0.25, 0.3) is 0 Å². The molecule has 0 radical (unpaired) electrons. The lowest BCUT2D eigenvalue weighted by Gasteiger charge is -2.22. The number of likely N-dealkylation sites (tertiary alicyclic amines) is 1. The minimum absolute atomic E-state index is 0.240. The van der Waals surface area contributed by atoms with Crippen LogP contribution in [0.1, 0.15) is 47.6 Å². The van der Waals surface area contributed by atoms with Gasteiger partial charge in [-0.25, -0.2) is 0 Å². The van der Waals surface area contributed by atoms with Crippen LogP contribution in [0.4, 0.5) is 0 Å². The van der Waals surface area contributed by atoms with Gasteiger partial charge in [0.2, 0.25) is 5.89 Å². The van der Waals surface area contributed by atoms with Gasteiger partial charge in [-0.15, -0.1) is 11.3 Å². The fourth-order valence-corrected chi connectivity index (χ4v) is 3.44. The van der Waals surface area contributed by atoms with Crippen molar-refractivity contribution in [2.24, 2.45) is 0 Å². The molecule has 5 nitrogen and oxygen atoms in total. The Bertz CT molecular complexity index is 594. The van der Waals surface area contributed by atoms with Crippen LogP contribution in [0.25, 0.3) is 0 Å². The maximum absolute atomic E-state index is 12.2. The summed E-state index contributed by atoms with van der Waals surface area (Å²) in [6.45, 7) is 3.67. The molecular weight excluding hydrogens is 286 g/mol. The average Bonchev–Trinajstić information content (AvgIpc) is 3.21. The molecule has 1 aliphatic rings. The summed E-state index contributed by atoms with van der Waals surface area (Å²) in [5.74, 6) is 1.64. The molecule has 0 saturated carbocycles. The zero-order valence-corrected chi connectivity index (χ0v) is 12.9. The van der Waals surface area contributed by atoms with E-state index < -0.39 is 0 Å². The summed E-state index contributed by atoms with van der Waals surface area (Å²) >= 11 is 1.52. The first-order valence-corrected chi connectivity index (χ1v) is 8.26. The Kier molecular flexibility index (Phi) is 4.45. The number of carbonyl (C=O) groups excluding carboxylic acids is 1. The van der Waals surface area contributed by atoms with Crippen molar-refractivity contribution in [1.29, 1.82) is 0 Å². The molecule has 2 aromatic heterocycles.